The Morgan fingerprint density at radius 2 is 1.13 bits per heavy atom. The quantitative estimate of drug-likeness (QED) is 0.0145. The highest BCUT2D eigenvalue weighted by atomic mass is 16.6. The Morgan fingerprint density at radius 1 is 0.653 bits per heavy atom. The van der Waals surface area contributed by atoms with Gasteiger partial charge in [-0.1, -0.05) is 46.2 Å². The monoisotopic (exact) mass is 1060 g/mol. The van der Waals surface area contributed by atoms with Gasteiger partial charge in [0.25, 0.3) is 0 Å². The normalized spacial score (nSPS) is 14.9. The van der Waals surface area contributed by atoms with Crippen LogP contribution < -0.4 is 48.7 Å². The first kappa shape index (κ1) is 57.2. The minimum Gasteiger partial charge on any atom is -0.502 e. The minimum absolute atomic E-state index is 0.0511. The number of phenols is 2. The van der Waals surface area contributed by atoms with Crippen molar-refractivity contribution >= 4 is 70.6 Å². The van der Waals surface area contributed by atoms with Crippen LogP contribution in [-0.2, 0) is 56.0 Å². The third kappa shape index (κ3) is 21.1. The van der Waals surface area contributed by atoms with Gasteiger partial charge < -0.3 is 69.1 Å². The van der Waals surface area contributed by atoms with Crippen molar-refractivity contribution < 1.29 is 77.5 Å². The zero-order chi connectivity index (χ0) is 59.4. The van der Waals surface area contributed by atoms with E-state index in [0.717, 1.165) is 36.4 Å². The van der Waals surface area contributed by atoms with E-state index in [1.54, 1.807) is 20.8 Å². The largest absolute Gasteiger partial charge is 0.502 e. The summed E-state index contributed by atoms with van der Waals surface area (Å²) in [6.07, 6.45) is -2.65. The van der Waals surface area contributed by atoms with Crippen LogP contribution in [0.4, 0.5) is 11.4 Å². The summed E-state index contributed by atoms with van der Waals surface area (Å²) in [5.74, 6) is -14.0. The number of nitro groups is 2. The van der Waals surface area contributed by atoms with E-state index in [1.807, 2.05) is 5.32 Å². The third-order valence-electron chi connectivity index (χ3n) is 11.3. The molecular weight excluding hydrogens is 993 g/mol. The van der Waals surface area contributed by atoms with Gasteiger partial charge in [0.2, 0.25) is 41.4 Å². The minimum atomic E-state index is -3.32. The molecule has 0 saturated carbocycles. The number of carbonyl (C=O) groups is 9. The van der Waals surface area contributed by atoms with Crippen LogP contribution in [0.3, 0.4) is 0 Å². The molecule has 0 radical (unpaired) electrons. The number of carbonyl (C=O) groups excluding carboxylic acids is 7. The molecule has 0 spiro atoms. The molecule has 2 rings (SSSR count). The molecule has 8 atom stereocenters. The first-order chi connectivity index (χ1) is 36.2. The number of guanidine groups is 1. The van der Waals surface area contributed by atoms with E-state index in [0.29, 0.717) is 0 Å². The second kappa shape index (κ2) is 29.8. The Balaban J connectivity index is 2.59. The molecule has 29 heteroatoms. The van der Waals surface area contributed by atoms with Gasteiger partial charge in [0.1, 0.15) is 42.3 Å². The number of hydrogen-bond donors (Lipinski definition) is 13. The molecule has 0 aliphatic rings. The maximum absolute atomic E-state index is 14.4. The van der Waals surface area contributed by atoms with Crippen LogP contribution in [0.25, 0.3) is 0 Å². The number of benzene rings is 2. The van der Waals surface area contributed by atoms with Gasteiger partial charge in [-0.2, -0.15) is 0 Å². The number of nitrogens with two attached hydrogens (primary N) is 2. The van der Waals surface area contributed by atoms with Crippen LogP contribution >= 0.6 is 0 Å². The number of nitrogens with zero attached hydrogens (tertiary/aromatic N) is 3. The van der Waals surface area contributed by atoms with Crippen molar-refractivity contribution in [1.82, 2.24) is 37.2 Å². The van der Waals surface area contributed by atoms with E-state index in [2.05, 4.69) is 36.9 Å². The van der Waals surface area contributed by atoms with Crippen LogP contribution in [0.1, 0.15) is 95.2 Å². The van der Waals surface area contributed by atoms with Crippen LogP contribution in [-0.4, -0.2) is 138 Å². The number of amides is 7. The average Bonchev–Trinajstić information content (AvgIpc) is 3.34. The average molecular weight is 1060 g/mol. The molecule has 0 heterocycles. The number of nitro benzene ring substituents is 2. The molecular formula is C46H66N12O17. The summed E-state index contributed by atoms with van der Waals surface area (Å²) in [5, 5.41) is 79.1. The van der Waals surface area contributed by atoms with Crippen molar-refractivity contribution in [3.05, 3.63) is 67.8 Å². The van der Waals surface area contributed by atoms with Crippen molar-refractivity contribution in [1.29, 1.82) is 0 Å². The van der Waals surface area contributed by atoms with Crippen molar-refractivity contribution in [3.63, 3.8) is 0 Å². The number of rotatable bonds is 31. The highest BCUT2D eigenvalue weighted by Crippen LogP contribution is 2.28. The molecule has 0 saturated heterocycles. The Morgan fingerprint density at radius 3 is 1.60 bits per heavy atom. The van der Waals surface area contributed by atoms with E-state index < -0.39 is 173 Å². The van der Waals surface area contributed by atoms with Crippen LogP contribution in [0.5, 0.6) is 11.5 Å². The van der Waals surface area contributed by atoms with Gasteiger partial charge >= 0.3 is 23.3 Å². The zero-order valence-corrected chi connectivity index (χ0v) is 41.6. The van der Waals surface area contributed by atoms with Crippen molar-refractivity contribution in [2.24, 2.45) is 28.3 Å². The second-order valence-electron chi connectivity index (χ2n) is 17.8. The van der Waals surface area contributed by atoms with Gasteiger partial charge in [0, 0.05) is 48.9 Å². The van der Waals surface area contributed by atoms with Gasteiger partial charge in [-0.3, -0.25) is 63.6 Å². The van der Waals surface area contributed by atoms with Gasteiger partial charge in [-0.15, -0.1) is 0 Å². The molecule has 15 N–H and O–H groups in total. The Kier molecular flexibility index (Phi) is 22.7. The standard InChI is InChI=1S/C46H66N12O17/c1-7-23(4)38(44(69)50-24(5)39(64)53-29(45(70)71)9-8-16-49-46(47)48)56-40(65)28(12-15-37(62)63)52-43(68)32(19-27-11-14-36(61)34(21-27)58(74)75)55-41(66)30(17-22(2)3)54-42(67)31(51-25(6)59)18-26-10-13-35(60)33(20-26)57(72)73/h10-11,13-14,20-24,28-32,38,60-61H,7-9,12,15-19H2,1-6H3,(H,50,69)(H,51,59)(H,52,68)(H,53,64)(H,54,67)(H,55,66)(H,56,65)(H,62,63)(H,70,71)(H4,47,48,49)/t23-,24-,28-,29-,30-,31-,32-,38-/m0/s1/i6D3. The first-order valence-corrected chi connectivity index (χ1v) is 23.3. The fourth-order valence-corrected chi connectivity index (χ4v) is 7.17. The van der Waals surface area contributed by atoms with Gasteiger partial charge in [0.15, 0.2) is 17.5 Å². The molecule has 0 fully saturated rings. The summed E-state index contributed by atoms with van der Waals surface area (Å²) < 4.78 is 22.6. The summed E-state index contributed by atoms with van der Waals surface area (Å²) >= 11 is 0. The van der Waals surface area contributed by atoms with Crippen LogP contribution in [0.2, 0.25) is 0 Å². The SMILES string of the molecule is [2H]C([2H])([2H])C(=O)N[C@@H](Cc1ccc(O)c([N+](=O)[O-])c1)C(=O)N[C@@H](CC(C)C)C(=O)N[C@@H](Cc1ccc(O)c([N+](=O)[O-])c1)C(=O)N[C@@H](CCC(=O)O)C(=O)N[C@H](C(=O)N[C@@H](C)C(=O)N[C@@H](CCCN=C(N)N)C(=O)O)[C@@H](C)CC. The van der Waals surface area contributed by atoms with E-state index >= 15 is 0 Å². The van der Waals surface area contributed by atoms with Crippen molar-refractivity contribution in [2.75, 3.05) is 6.54 Å². The molecule has 2 aromatic rings. The molecule has 0 aromatic heterocycles. The topological polar surface area (TPSA) is 469 Å². The fourth-order valence-electron chi connectivity index (χ4n) is 7.17. The molecule has 0 aliphatic heterocycles. The fraction of sp³-hybridized carbons (Fsp3) is 0.522. The molecule has 75 heavy (non-hydrogen) atoms. The number of aliphatic carboxylic acids is 2. The molecule has 0 bridgehead atoms. The maximum Gasteiger partial charge on any atom is 0.326 e. The summed E-state index contributed by atoms with van der Waals surface area (Å²) in [7, 11) is 0. The third-order valence-corrected chi connectivity index (χ3v) is 11.3. The predicted octanol–water partition coefficient (Wildman–Crippen LogP) is -0.772. The smallest absolute Gasteiger partial charge is 0.326 e. The lowest BCUT2D eigenvalue weighted by Crippen LogP contribution is -2.61. The molecule has 7 amide bonds. The van der Waals surface area contributed by atoms with Crippen LogP contribution in [0.15, 0.2) is 41.4 Å². The Bertz CT molecular complexity index is 2580. The van der Waals surface area contributed by atoms with E-state index in [-0.39, 0.29) is 49.3 Å². The molecule has 2 aromatic carbocycles. The number of phenolic OH excluding ortho intramolecular Hbond substituents is 2. The number of carboxylic acid groups (broad SMARTS) is 2. The number of carboxylic acids is 2. The highest BCUT2D eigenvalue weighted by molar-refractivity contribution is 5.97. The summed E-state index contributed by atoms with van der Waals surface area (Å²) in [5.41, 5.74) is 8.83. The second-order valence-corrected chi connectivity index (χ2v) is 17.8. The predicted molar refractivity (Wildman–Crippen MR) is 265 cm³/mol. The number of nitrogens with one attached hydrogen (secondary N) is 7. The molecule has 29 nitrogen and oxygen atoms in total. The number of hydrogen-bond acceptors (Lipinski definition) is 16. The van der Waals surface area contributed by atoms with Gasteiger partial charge in [0.05, 0.1) is 9.85 Å². The zero-order valence-electron chi connectivity index (χ0n) is 44.6. The summed E-state index contributed by atoms with van der Waals surface area (Å²) in [4.78, 5) is 145. The lowest BCUT2D eigenvalue weighted by atomic mass is 9.97. The van der Waals surface area contributed by atoms with Crippen molar-refractivity contribution in [2.45, 2.75) is 135 Å². The maximum atomic E-state index is 14.4. The number of aromatic hydroxyl groups is 2. The van der Waals surface area contributed by atoms with E-state index in [9.17, 15) is 83.8 Å². The summed E-state index contributed by atoms with van der Waals surface area (Å²) in [6.45, 7) is 4.37. The molecule has 0 aliphatic carbocycles. The highest BCUT2D eigenvalue weighted by Gasteiger charge is 2.36. The first-order valence-electron chi connectivity index (χ1n) is 24.8. The molecule has 412 valence electrons. The number of aliphatic imine (C=N–C) groups is 1. The molecule has 0 unspecified atom stereocenters. The Hall–Kier alpha value is -8.66. The van der Waals surface area contributed by atoms with Crippen molar-refractivity contribution in [3.8, 4) is 11.5 Å². The van der Waals surface area contributed by atoms with Crippen LogP contribution in [0, 0.1) is 32.1 Å². The summed E-state index contributed by atoms with van der Waals surface area (Å²) in [6, 6.07) is -5.63. The lowest BCUT2D eigenvalue weighted by Gasteiger charge is -2.29. The van der Waals surface area contributed by atoms with E-state index in [1.165, 1.54) is 13.8 Å². The van der Waals surface area contributed by atoms with E-state index in [4.69, 9.17) is 15.6 Å². The van der Waals surface area contributed by atoms with Gasteiger partial charge in [-0.05, 0) is 67.7 Å². The lowest BCUT2D eigenvalue weighted by molar-refractivity contribution is -0.386. The van der Waals surface area contributed by atoms with Gasteiger partial charge in [-0.25, -0.2) is 4.79 Å². The Labute approximate surface area is 433 Å².